The molecule has 13 heavy (non-hydrogen) atoms. The number of rotatable bonds is 2. The molecule has 1 rings (SSSR count). The Morgan fingerprint density at radius 2 is 2.23 bits per heavy atom. The molecule has 3 heteroatoms. The van der Waals surface area contributed by atoms with Gasteiger partial charge in [0.15, 0.2) is 0 Å². The molecule has 1 nitrogen and oxygen atoms in total. The van der Waals surface area contributed by atoms with Crippen LogP contribution < -0.4 is 0 Å². The van der Waals surface area contributed by atoms with E-state index in [4.69, 9.17) is 4.74 Å². The van der Waals surface area contributed by atoms with Gasteiger partial charge in [0, 0.05) is 0 Å². The fourth-order valence-electron chi connectivity index (χ4n) is 1.25. The molecule has 0 aromatic heterocycles. The Hall–Kier alpha value is -1.12. The first-order valence-electron chi connectivity index (χ1n) is 4.02. The lowest BCUT2D eigenvalue weighted by molar-refractivity contribution is -0.0103. The molecule has 1 aliphatic rings. The lowest BCUT2D eigenvalue weighted by atomic mass is 10.00. The van der Waals surface area contributed by atoms with Crippen LogP contribution in [0.2, 0.25) is 0 Å². The first-order valence-corrected chi connectivity index (χ1v) is 4.02. The maximum absolute atomic E-state index is 13.2. The van der Waals surface area contributed by atoms with E-state index in [1.54, 1.807) is 6.92 Å². The summed E-state index contributed by atoms with van der Waals surface area (Å²) in [5.41, 5.74) is 0.362. The highest BCUT2D eigenvalue weighted by atomic mass is 19.3. The van der Waals surface area contributed by atoms with E-state index in [1.807, 2.05) is 0 Å². The van der Waals surface area contributed by atoms with E-state index in [9.17, 15) is 8.78 Å². The third-order valence-electron chi connectivity index (χ3n) is 1.89. The van der Waals surface area contributed by atoms with Crippen LogP contribution in [0, 0.1) is 0 Å². The topological polar surface area (TPSA) is 9.23 Å². The molecule has 0 bridgehead atoms. The van der Waals surface area contributed by atoms with Crippen molar-refractivity contribution in [2.24, 2.45) is 0 Å². The largest absolute Gasteiger partial charge is 0.493 e. The van der Waals surface area contributed by atoms with E-state index in [0.717, 1.165) is 6.08 Å². The van der Waals surface area contributed by atoms with Crippen LogP contribution in [0.25, 0.3) is 0 Å². The molecule has 0 aromatic carbocycles. The molecule has 0 N–H and O–H groups in total. The van der Waals surface area contributed by atoms with Crippen molar-refractivity contribution in [1.29, 1.82) is 0 Å². The van der Waals surface area contributed by atoms with Crippen molar-refractivity contribution in [2.75, 3.05) is 6.61 Å². The van der Waals surface area contributed by atoms with Crippen LogP contribution in [-0.4, -0.2) is 12.5 Å². The molecule has 0 aliphatic carbocycles. The second-order valence-corrected chi connectivity index (χ2v) is 3.03. The number of halogens is 2. The van der Waals surface area contributed by atoms with Crippen molar-refractivity contribution in [2.45, 2.75) is 19.3 Å². The fraction of sp³-hybridized carbons (Fsp3) is 0.400. The zero-order valence-corrected chi connectivity index (χ0v) is 7.57. The molecule has 0 radical (unpaired) electrons. The van der Waals surface area contributed by atoms with Crippen molar-refractivity contribution >= 4 is 0 Å². The minimum absolute atomic E-state index is 0.0343. The zero-order valence-electron chi connectivity index (χ0n) is 7.57. The number of alkyl halides is 2. The minimum Gasteiger partial charge on any atom is -0.493 e. The van der Waals surface area contributed by atoms with Gasteiger partial charge in [-0.2, -0.15) is 0 Å². The second-order valence-electron chi connectivity index (χ2n) is 3.03. The standard InChI is InChI=1S/C10H12F2O/c1-4-8-9(7(2)3)13-6-5-10(8,11)12/h4H,1-2,5-6H2,3H3. The van der Waals surface area contributed by atoms with Gasteiger partial charge in [-0.15, -0.1) is 0 Å². The summed E-state index contributed by atoms with van der Waals surface area (Å²) < 4.78 is 31.6. The van der Waals surface area contributed by atoms with E-state index in [1.165, 1.54) is 0 Å². The Labute approximate surface area is 76.4 Å². The minimum atomic E-state index is -2.83. The van der Waals surface area contributed by atoms with Crippen LogP contribution in [0.1, 0.15) is 13.3 Å². The van der Waals surface area contributed by atoms with Crippen molar-refractivity contribution in [3.63, 3.8) is 0 Å². The van der Waals surface area contributed by atoms with E-state index in [2.05, 4.69) is 13.2 Å². The number of hydrogen-bond acceptors (Lipinski definition) is 1. The Morgan fingerprint density at radius 1 is 1.62 bits per heavy atom. The zero-order chi connectivity index (χ0) is 10.1. The molecular formula is C10H12F2O. The van der Waals surface area contributed by atoms with Crippen LogP contribution in [-0.2, 0) is 4.74 Å². The normalized spacial score (nSPS) is 20.8. The third-order valence-corrected chi connectivity index (χ3v) is 1.89. The molecule has 72 valence electrons. The monoisotopic (exact) mass is 186 g/mol. The van der Waals surface area contributed by atoms with Gasteiger partial charge in [0.25, 0.3) is 5.92 Å². The van der Waals surface area contributed by atoms with Crippen molar-refractivity contribution < 1.29 is 13.5 Å². The van der Waals surface area contributed by atoms with E-state index < -0.39 is 5.92 Å². The van der Waals surface area contributed by atoms with Crippen LogP contribution in [0.4, 0.5) is 8.78 Å². The maximum atomic E-state index is 13.2. The molecule has 0 saturated heterocycles. The van der Waals surface area contributed by atoms with Crippen molar-refractivity contribution in [1.82, 2.24) is 0 Å². The molecular weight excluding hydrogens is 174 g/mol. The highest BCUT2D eigenvalue weighted by Crippen LogP contribution is 2.37. The quantitative estimate of drug-likeness (QED) is 0.644. The van der Waals surface area contributed by atoms with Gasteiger partial charge in [-0.1, -0.05) is 19.2 Å². The Bertz CT molecular complexity index is 277. The van der Waals surface area contributed by atoms with Crippen molar-refractivity contribution in [3.8, 4) is 0 Å². The summed E-state index contributed by atoms with van der Waals surface area (Å²) in [6.07, 6.45) is 0.855. The van der Waals surface area contributed by atoms with Gasteiger partial charge in [-0.25, -0.2) is 8.78 Å². The lowest BCUT2D eigenvalue weighted by Gasteiger charge is -2.27. The average molecular weight is 186 g/mol. The molecule has 1 aliphatic heterocycles. The predicted molar refractivity (Wildman–Crippen MR) is 47.6 cm³/mol. The molecule has 0 atom stereocenters. The van der Waals surface area contributed by atoms with Gasteiger partial charge in [0.1, 0.15) is 5.76 Å². The fourth-order valence-corrected chi connectivity index (χ4v) is 1.25. The number of allylic oxidation sites excluding steroid dienone is 3. The van der Waals surface area contributed by atoms with E-state index in [-0.39, 0.29) is 24.4 Å². The maximum Gasteiger partial charge on any atom is 0.280 e. The van der Waals surface area contributed by atoms with Gasteiger partial charge in [-0.3, -0.25) is 0 Å². The van der Waals surface area contributed by atoms with E-state index >= 15 is 0 Å². The SMILES string of the molecule is C=CC1=C(C(=C)C)OCCC1(F)F. The van der Waals surface area contributed by atoms with Crippen LogP contribution >= 0.6 is 0 Å². The summed E-state index contributed by atoms with van der Waals surface area (Å²) in [5, 5.41) is 0. The van der Waals surface area contributed by atoms with Crippen LogP contribution in [0.5, 0.6) is 0 Å². The Balaban J connectivity index is 3.17. The lowest BCUT2D eigenvalue weighted by Crippen LogP contribution is -2.27. The van der Waals surface area contributed by atoms with Gasteiger partial charge in [-0.05, 0) is 12.5 Å². The first kappa shape index (κ1) is 9.96. The smallest absolute Gasteiger partial charge is 0.280 e. The molecule has 0 unspecified atom stereocenters. The summed E-state index contributed by atoms with van der Waals surface area (Å²) in [6, 6.07) is 0. The van der Waals surface area contributed by atoms with Crippen molar-refractivity contribution in [3.05, 3.63) is 36.1 Å². The highest BCUT2D eigenvalue weighted by Gasteiger charge is 2.38. The molecule has 0 fully saturated rings. The molecule has 0 saturated carbocycles. The summed E-state index contributed by atoms with van der Waals surface area (Å²) in [6.45, 7) is 8.61. The summed E-state index contributed by atoms with van der Waals surface area (Å²) in [5.74, 6) is -2.64. The van der Waals surface area contributed by atoms with Gasteiger partial charge >= 0.3 is 0 Å². The Kier molecular flexibility index (Phi) is 2.55. The van der Waals surface area contributed by atoms with Gasteiger partial charge in [0.05, 0.1) is 18.6 Å². The molecule has 0 spiro atoms. The summed E-state index contributed by atoms with van der Waals surface area (Å²) in [4.78, 5) is 0. The second kappa shape index (κ2) is 3.32. The molecule has 0 aromatic rings. The van der Waals surface area contributed by atoms with Crippen LogP contribution in [0.15, 0.2) is 36.1 Å². The van der Waals surface area contributed by atoms with E-state index in [0.29, 0.717) is 5.57 Å². The number of ether oxygens (including phenoxy) is 1. The van der Waals surface area contributed by atoms with Gasteiger partial charge < -0.3 is 4.74 Å². The van der Waals surface area contributed by atoms with Crippen LogP contribution in [0.3, 0.4) is 0 Å². The first-order chi connectivity index (χ1) is 5.99. The molecule has 0 amide bonds. The highest BCUT2D eigenvalue weighted by molar-refractivity contribution is 5.38. The molecule has 1 heterocycles. The summed E-state index contributed by atoms with van der Waals surface area (Å²) >= 11 is 0. The predicted octanol–water partition coefficient (Wildman–Crippen LogP) is 3.06. The Morgan fingerprint density at radius 3 is 2.62 bits per heavy atom. The van der Waals surface area contributed by atoms with Gasteiger partial charge in [0.2, 0.25) is 0 Å². The summed E-state index contributed by atoms with van der Waals surface area (Å²) in [7, 11) is 0. The number of hydrogen-bond donors (Lipinski definition) is 0. The third kappa shape index (κ3) is 1.79. The average Bonchev–Trinajstić information content (AvgIpc) is 2.02.